The highest BCUT2D eigenvalue weighted by Gasteiger charge is 2.36. The molecule has 1 heterocycles. The molecule has 16 heavy (non-hydrogen) atoms. The summed E-state index contributed by atoms with van der Waals surface area (Å²) >= 11 is 0. The first kappa shape index (κ1) is 11.4. The van der Waals surface area contributed by atoms with Crippen molar-refractivity contribution >= 4 is 0 Å². The van der Waals surface area contributed by atoms with Crippen molar-refractivity contribution in [2.24, 2.45) is 5.92 Å². The second-order valence-corrected chi connectivity index (χ2v) is 3.93. The summed E-state index contributed by atoms with van der Waals surface area (Å²) in [6.45, 7) is -0.000223. The number of rotatable bonds is 3. The Hall–Kier alpha value is -1.10. The fourth-order valence-corrected chi connectivity index (χ4v) is 2.12. The number of methoxy groups -OCH3 is 1. The van der Waals surface area contributed by atoms with Crippen molar-refractivity contribution in [1.29, 1.82) is 0 Å². The minimum absolute atomic E-state index is 0.000223. The van der Waals surface area contributed by atoms with Crippen LogP contribution in [0.15, 0.2) is 24.3 Å². The molecule has 0 spiro atoms. The molecular formula is C12H16O4. The Morgan fingerprint density at radius 2 is 2.19 bits per heavy atom. The number of aliphatic hydroxyl groups is 2. The van der Waals surface area contributed by atoms with Gasteiger partial charge in [0.2, 0.25) is 0 Å². The molecule has 1 fully saturated rings. The van der Waals surface area contributed by atoms with Crippen LogP contribution in [0.1, 0.15) is 18.1 Å². The summed E-state index contributed by atoms with van der Waals surface area (Å²) in [5, 5.41) is 18.7. The SMILES string of the molecule is COc1ccccc1C1OC(O)C[C@@H]1CO. The smallest absolute Gasteiger partial charge is 0.155 e. The minimum atomic E-state index is -0.799. The van der Waals surface area contributed by atoms with E-state index in [4.69, 9.17) is 9.47 Å². The molecule has 4 heteroatoms. The van der Waals surface area contributed by atoms with Crippen LogP contribution < -0.4 is 4.74 Å². The van der Waals surface area contributed by atoms with Gasteiger partial charge in [-0.05, 0) is 6.07 Å². The summed E-state index contributed by atoms with van der Waals surface area (Å²) in [6, 6.07) is 7.50. The van der Waals surface area contributed by atoms with Crippen molar-refractivity contribution in [3.8, 4) is 5.75 Å². The predicted octanol–water partition coefficient (Wildman–Crippen LogP) is 1.08. The van der Waals surface area contributed by atoms with Crippen LogP contribution in [-0.4, -0.2) is 30.2 Å². The largest absolute Gasteiger partial charge is 0.496 e. The molecule has 0 saturated carbocycles. The Labute approximate surface area is 94.4 Å². The second kappa shape index (κ2) is 4.82. The molecule has 1 aliphatic heterocycles. The van der Waals surface area contributed by atoms with E-state index >= 15 is 0 Å². The average Bonchev–Trinajstić information content (AvgIpc) is 2.70. The van der Waals surface area contributed by atoms with E-state index in [1.165, 1.54) is 0 Å². The van der Waals surface area contributed by atoms with Gasteiger partial charge in [0.15, 0.2) is 6.29 Å². The van der Waals surface area contributed by atoms with E-state index in [0.29, 0.717) is 6.42 Å². The fourth-order valence-electron chi connectivity index (χ4n) is 2.12. The van der Waals surface area contributed by atoms with E-state index in [0.717, 1.165) is 11.3 Å². The lowest BCUT2D eigenvalue weighted by Gasteiger charge is -2.18. The van der Waals surface area contributed by atoms with Gasteiger partial charge in [-0.25, -0.2) is 0 Å². The third kappa shape index (κ3) is 2.04. The predicted molar refractivity (Wildman–Crippen MR) is 58.0 cm³/mol. The van der Waals surface area contributed by atoms with E-state index < -0.39 is 6.29 Å². The van der Waals surface area contributed by atoms with Crippen molar-refractivity contribution < 1.29 is 19.7 Å². The summed E-state index contributed by atoms with van der Waals surface area (Å²) in [5.74, 6) is 0.645. The summed E-state index contributed by atoms with van der Waals surface area (Å²) in [4.78, 5) is 0. The van der Waals surface area contributed by atoms with Gasteiger partial charge in [-0.3, -0.25) is 0 Å². The van der Waals surface area contributed by atoms with Gasteiger partial charge in [0, 0.05) is 24.5 Å². The van der Waals surface area contributed by atoms with Crippen molar-refractivity contribution in [2.75, 3.05) is 13.7 Å². The second-order valence-electron chi connectivity index (χ2n) is 3.93. The van der Waals surface area contributed by atoms with Crippen LogP contribution in [0.25, 0.3) is 0 Å². The topological polar surface area (TPSA) is 58.9 Å². The maximum Gasteiger partial charge on any atom is 0.155 e. The van der Waals surface area contributed by atoms with Crippen molar-refractivity contribution in [2.45, 2.75) is 18.8 Å². The molecule has 2 N–H and O–H groups in total. The van der Waals surface area contributed by atoms with Gasteiger partial charge in [0.1, 0.15) is 5.75 Å². The van der Waals surface area contributed by atoms with E-state index in [9.17, 15) is 10.2 Å². The Kier molecular flexibility index (Phi) is 3.43. The molecule has 3 atom stereocenters. The van der Waals surface area contributed by atoms with Gasteiger partial charge in [-0.15, -0.1) is 0 Å². The minimum Gasteiger partial charge on any atom is -0.496 e. The normalized spacial score (nSPS) is 29.3. The van der Waals surface area contributed by atoms with Gasteiger partial charge in [0.05, 0.1) is 13.2 Å². The zero-order valence-corrected chi connectivity index (χ0v) is 9.17. The molecule has 2 unspecified atom stereocenters. The van der Waals surface area contributed by atoms with Gasteiger partial charge in [-0.2, -0.15) is 0 Å². The number of hydrogen-bond acceptors (Lipinski definition) is 4. The monoisotopic (exact) mass is 224 g/mol. The van der Waals surface area contributed by atoms with Gasteiger partial charge in [-0.1, -0.05) is 18.2 Å². The quantitative estimate of drug-likeness (QED) is 0.806. The molecule has 0 radical (unpaired) electrons. The Bertz CT molecular complexity index is 353. The molecule has 2 rings (SSSR count). The van der Waals surface area contributed by atoms with Crippen LogP contribution in [0.5, 0.6) is 5.75 Å². The van der Waals surface area contributed by atoms with Crippen LogP contribution in [0, 0.1) is 5.92 Å². The van der Waals surface area contributed by atoms with E-state index in [1.807, 2.05) is 24.3 Å². The number of ether oxygens (including phenoxy) is 2. The molecule has 1 aliphatic rings. The summed E-state index contributed by atoms with van der Waals surface area (Å²) in [7, 11) is 1.60. The third-order valence-electron chi connectivity index (χ3n) is 2.92. The van der Waals surface area contributed by atoms with Crippen LogP contribution in [-0.2, 0) is 4.74 Å². The standard InChI is InChI=1S/C12H16O4/c1-15-10-5-3-2-4-9(10)12-8(7-13)6-11(14)16-12/h2-5,8,11-14H,6-7H2,1H3/t8-,11?,12?/m1/s1. The molecule has 88 valence electrons. The number of aliphatic hydroxyl groups excluding tert-OH is 2. The van der Waals surface area contributed by atoms with Crippen molar-refractivity contribution in [3.05, 3.63) is 29.8 Å². The Balaban J connectivity index is 2.28. The van der Waals surface area contributed by atoms with Crippen molar-refractivity contribution in [1.82, 2.24) is 0 Å². The summed E-state index contributed by atoms with van der Waals surface area (Å²) < 4.78 is 10.7. The van der Waals surface area contributed by atoms with Crippen LogP contribution in [0.2, 0.25) is 0 Å². The molecule has 0 aliphatic carbocycles. The maximum absolute atomic E-state index is 9.45. The molecule has 1 aromatic carbocycles. The summed E-state index contributed by atoms with van der Waals surface area (Å²) in [5.41, 5.74) is 0.876. The Morgan fingerprint density at radius 3 is 2.88 bits per heavy atom. The average molecular weight is 224 g/mol. The molecule has 0 aromatic heterocycles. The molecule has 0 bridgehead atoms. The molecule has 4 nitrogen and oxygen atoms in total. The van der Waals surface area contributed by atoms with Crippen molar-refractivity contribution in [3.63, 3.8) is 0 Å². The lowest BCUT2D eigenvalue weighted by atomic mass is 9.95. The molecule has 1 saturated heterocycles. The first-order valence-electron chi connectivity index (χ1n) is 5.33. The first-order chi connectivity index (χ1) is 7.76. The zero-order valence-electron chi connectivity index (χ0n) is 9.17. The maximum atomic E-state index is 9.45. The lowest BCUT2D eigenvalue weighted by molar-refractivity contribution is -0.0946. The highest BCUT2D eigenvalue weighted by molar-refractivity contribution is 5.35. The Morgan fingerprint density at radius 1 is 1.44 bits per heavy atom. The first-order valence-corrected chi connectivity index (χ1v) is 5.33. The highest BCUT2D eigenvalue weighted by atomic mass is 16.6. The van der Waals surface area contributed by atoms with E-state index in [-0.39, 0.29) is 18.6 Å². The van der Waals surface area contributed by atoms with E-state index in [2.05, 4.69) is 0 Å². The molecular weight excluding hydrogens is 208 g/mol. The van der Waals surface area contributed by atoms with E-state index in [1.54, 1.807) is 7.11 Å². The van der Waals surface area contributed by atoms with Crippen LogP contribution in [0.4, 0.5) is 0 Å². The summed E-state index contributed by atoms with van der Waals surface area (Å²) in [6.07, 6.45) is -0.637. The highest BCUT2D eigenvalue weighted by Crippen LogP contribution is 2.40. The van der Waals surface area contributed by atoms with Crippen LogP contribution >= 0.6 is 0 Å². The number of hydrogen-bond donors (Lipinski definition) is 2. The fraction of sp³-hybridized carbons (Fsp3) is 0.500. The third-order valence-corrected chi connectivity index (χ3v) is 2.92. The lowest BCUT2D eigenvalue weighted by Crippen LogP contribution is -2.12. The van der Waals surface area contributed by atoms with Gasteiger partial charge in [0.25, 0.3) is 0 Å². The van der Waals surface area contributed by atoms with Gasteiger partial charge < -0.3 is 19.7 Å². The van der Waals surface area contributed by atoms with Gasteiger partial charge >= 0.3 is 0 Å². The molecule has 1 aromatic rings. The number of para-hydroxylation sites is 1. The number of benzene rings is 1. The molecule has 0 amide bonds. The van der Waals surface area contributed by atoms with Crippen LogP contribution in [0.3, 0.4) is 0 Å². The zero-order chi connectivity index (χ0) is 11.5.